The summed E-state index contributed by atoms with van der Waals surface area (Å²) >= 11 is 23.1. The largest absolute Gasteiger partial charge is 0.389 e. The number of rotatable bonds is 3. The van der Waals surface area contributed by atoms with E-state index in [2.05, 4.69) is 15.5 Å². The minimum Gasteiger partial charge on any atom is -0.389 e. The summed E-state index contributed by atoms with van der Waals surface area (Å²) in [5.41, 5.74) is 8.55. The van der Waals surface area contributed by atoms with Crippen molar-refractivity contribution in [3.63, 3.8) is 0 Å². The highest BCUT2D eigenvalue weighted by molar-refractivity contribution is 7.80. The first kappa shape index (κ1) is 16.2. The summed E-state index contributed by atoms with van der Waals surface area (Å²) in [5.74, 6) is 0.422. The van der Waals surface area contributed by atoms with E-state index in [4.69, 9.17) is 52.8 Å². The second-order valence-electron chi connectivity index (χ2n) is 4.37. The van der Waals surface area contributed by atoms with E-state index in [9.17, 15) is 0 Å². The van der Waals surface area contributed by atoms with Gasteiger partial charge in [0.2, 0.25) is 0 Å². The van der Waals surface area contributed by atoms with Crippen molar-refractivity contribution < 1.29 is 0 Å². The number of benzene rings is 1. The minimum atomic E-state index is 0.226. The number of thiocarbonyl (C=S) groups is 1. The molecule has 2 aromatic rings. The Labute approximate surface area is 142 Å². The molecule has 0 aliphatic heterocycles. The van der Waals surface area contributed by atoms with E-state index in [1.807, 2.05) is 13.8 Å². The molecular weight excluding hydrogens is 351 g/mol. The van der Waals surface area contributed by atoms with Gasteiger partial charge in [-0.3, -0.25) is 0 Å². The molecule has 1 aromatic heterocycles. The van der Waals surface area contributed by atoms with Gasteiger partial charge in [0.05, 0.1) is 32.0 Å². The third-order valence-corrected chi connectivity index (χ3v) is 4.20. The van der Waals surface area contributed by atoms with E-state index in [1.54, 1.807) is 12.1 Å². The lowest BCUT2D eigenvalue weighted by molar-refractivity contribution is 0.963. The number of aryl methyl sites for hydroxylation is 1. The molecule has 0 aliphatic carbocycles. The smallest absolute Gasteiger partial charge is 0.163 e. The number of aromatic nitrogens is 2. The van der Waals surface area contributed by atoms with Crippen LogP contribution < -0.4 is 11.1 Å². The van der Waals surface area contributed by atoms with Crippen LogP contribution in [0.5, 0.6) is 0 Å². The van der Waals surface area contributed by atoms with Crippen LogP contribution in [-0.4, -0.2) is 15.2 Å². The molecule has 0 atom stereocenters. The highest BCUT2D eigenvalue weighted by Gasteiger charge is 2.15. The second kappa shape index (κ2) is 6.32. The molecule has 0 fully saturated rings. The minimum absolute atomic E-state index is 0.226. The maximum Gasteiger partial charge on any atom is 0.163 e. The Hall–Kier alpha value is -1.14. The van der Waals surface area contributed by atoms with Crippen molar-refractivity contribution in [1.82, 2.24) is 10.2 Å². The highest BCUT2D eigenvalue weighted by atomic mass is 35.5. The average molecular weight is 362 g/mol. The molecule has 2 rings (SSSR count). The van der Waals surface area contributed by atoms with Gasteiger partial charge in [-0.25, -0.2) is 0 Å². The Balaban J connectivity index is 2.52. The van der Waals surface area contributed by atoms with Crippen molar-refractivity contribution in [2.24, 2.45) is 5.73 Å². The molecule has 1 aromatic carbocycles. The third kappa shape index (κ3) is 3.37. The predicted molar refractivity (Wildman–Crippen MR) is 92.1 cm³/mol. The third-order valence-electron chi connectivity index (χ3n) is 2.96. The lowest BCUT2D eigenvalue weighted by atomic mass is 10.1. The van der Waals surface area contributed by atoms with Gasteiger partial charge < -0.3 is 11.1 Å². The lowest BCUT2D eigenvalue weighted by Gasteiger charge is -2.14. The van der Waals surface area contributed by atoms with Crippen LogP contribution in [0.3, 0.4) is 0 Å². The molecule has 1 heterocycles. The maximum atomic E-state index is 6.14. The number of hydrogen-bond acceptors (Lipinski definition) is 4. The fraction of sp³-hybridized carbons (Fsp3) is 0.154. The second-order valence-corrected chi connectivity index (χ2v) is 6.03. The van der Waals surface area contributed by atoms with Crippen LogP contribution in [0, 0.1) is 13.8 Å². The summed E-state index contributed by atoms with van der Waals surface area (Å²) < 4.78 is 0. The summed E-state index contributed by atoms with van der Waals surface area (Å²) in [6, 6.07) is 3.15. The van der Waals surface area contributed by atoms with E-state index < -0.39 is 0 Å². The van der Waals surface area contributed by atoms with E-state index in [1.165, 1.54) is 0 Å². The summed E-state index contributed by atoms with van der Waals surface area (Å²) in [6.45, 7) is 3.71. The molecule has 0 unspecified atom stereocenters. The van der Waals surface area contributed by atoms with Gasteiger partial charge in [0, 0.05) is 0 Å². The fourth-order valence-corrected chi connectivity index (χ4v) is 2.59. The fourth-order valence-electron chi connectivity index (χ4n) is 1.74. The summed E-state index contributed by atoms with van der Waals surface area (Å²) in [6.07, 6.45) is 0. The van der Waals surface area contributed by atoms with E-state index in [-0.39, 0.29) is 4.99 Å². The van der Waals surface area contributed by atoms with Crippen LogP contribution in [0.2, 0.25) is 15.1 Å². The van der Waals surface area contributed by atoms with Crippen LogP contribution >= 0.6 is 47.0 Å². The number of nitrogens with zero attached hydrogens (tertiary/aromatic N) is 2. The number of anilines is 2. The molecule has 0 aliphatic rings. The van der Waals surface area contributed by atoms with E-state index in [0.29, 0.717) is 32.1 Å². The molecule has 0 amide bonds. The van der Waals surface area contributed by atoms with Gasteiger partial charge >= 0.3 is 0 Å². The molecule has 3 N–H and O–H groups in total. The van der Waals surface area contributed by atoms with Crippen molar-refractivity contribution in [2.75, 3.05) is 5.32 Å². The van der Waals surface area contributed by atoms with Crippen LogP contribution in [0.4, 0.5) is 11.5 Å². The van der Waals surface area contributed by atoms with Crippen LogP contribution in [-0.2, 0) is 0 Å². The van der Waals surface area contributed by atoms with Gasteiger partial charge in [-0.15, -0.1) is 5.10 Å². The number of halogens is 3. The molecule has 0 saturated heterocycles. The first-order chi connectivity index (χ1) is 9.81. The molecule has 21 heavy (non-hydrogen) atoms. The summed E-state index contributed by atoms with van der Waals surface area (Å²) in [7, 11) is 0. The standard InChI is InChI=1S/C13H11Cl3N4S/c1-5-6(2)19-20-13(11(5)12(17)21)18-10-4-8(15)7(14)3-9(10)16/h3-4H,1-2H3,(H2,17,21)(H,18,20). The number of nitrogens with two attached hydrogens (primary N) is 1. The molecule has 0 spiro atoms. The van der Waals surface area contributed by atoms with Crippen LogP contribution in [0.15, 0.2) is 12.1 Å². The molecule has 110 valence electrons. The van der Waals surface area contributed by atoms with E-state index >= 15 is 0 Å². The molecule has 0 radical (unpaired) electrons. The Bertz CT molecular complexity index is 734. The summed E-state index contributed by atoms with van der Waals surface area (Å²) in [4.78, 5) is 0.226. The van der Waals surface area contributed by atoms with Crippen molar-refractivity contribution >= 4 is 63.5 Å². The Morgan fingerprint density at radius 3 is 2.33 bits per heavy atom. The van der Waals surface area contributed by atoms with Crippen LogP contribution in [0.1, 0.15) is 16.8 Å². The van der Waals surface area contributed by atoms with Gasteiger partial charge in [-0.1, -0.05) is 47.0 Å². The first-order valence-corrected chi connectivity index (χ1v) is 7.40. The zero-order chi connectivity index (χ0) is 15.7. The molecule has 4 nitrogen and oxygen atoms in total. The van der Waals surface area contributed by atoms with Crippen LogP contribution in [0.25, 0.3) is 0 Å². The van der Waals surface area contributed by atoms with Crippen molar-refractivity contribution in [3.05, 3.63) is 44.0 Å². The van der Waals surface area contributed by atoms with Gasteiger partial charge in [0.1, 0.15) is 4.99 Å². The first-order valence-electron chi connectivity index (χ1n) is 5.86. The Morgan fingerprint density at radius 2 is 1.71 bits per heavy atom. The Kier molecular flexibility index (Phi) is 4.88. The molecule has 8 heteroatoms. The van der Waals surface area contributed by atoms with Crippen molar-refractivity contribution in [2.45, 2.75) is 13.8 Å². The van der Waals surface area contributed by atoms with E-state index in [0.717, 1.165) is 11.3 Å². The van der Waals surface area contributed by atoms with Crippen molar-refractivity contribution in [1.29, 1.82) is 0 Å². The summed E-state index contributed by atoms with van der Waals surface area (Å²) in [5, 5.41) is 12.3. The van der Waals surface area contributed by atoms with Crippen molar-refractivity contribution in [3.8, 4) is 0 Å². The quantitative estimate of drug-likeness (QED) is 0.625. The SMILES string of the molecule is Cc1nnc(Nc2cc(Cl)c(Cl)cc2Cl)c(C(N)=S)c1C. The average Bonchev–Trinajstić information content (AvgIpc) is 2.40. The predicted octanol–water partition coefficient (Wildman–Crippen LogP) is 4.43. The molecular formula is C13H11Cl3N4S. The maximum absolute atomic E-state index is 6.14. The van der Waals surface area contributed by atoms with Gasteiger partial charge in [0.15, 0.2) is 5.82 Å². The number of hydrogen-bond donors (Lipinski definition) is 2. The topological polar surface area (TPSA) is 63.8 Å². The Morgan fingerprint density at radius 1 is 1.10 bits per heavy atom. The monoisotopic (exact) mass is 360 g/mol. The molecule has 0 bridgehead atoms. The zero-order valence-electron chi connectivity index (χ0n) is 11.2. The van der Waals surface area contributed by atoms with Gasteiger partial charge in [-0.2, -0.15) is 5.10 Å². The number of nitrogens with one attached hydrogen (secondary N) is 1. The zero-order valence-corrected chi connectivity index (χ0v) is 14.3. The van der Waals surface area contributed by atoms with Gasteiger partial charge in [-0.05, 0) is 31.5 Å². The lowest BCUT2D eigenvalue weighted by Crippen LogP contribution is -2.17. The normalized spacial score (nSPS) is 10.5. The van der Waals surface area contributed by atoms with Gasteiger partial charge in [0.25, 0.3) is 0 Å². The molecule has 0 saturated carbocycles. The highest BCUT2D eigenvalue weighted by Crippen LogP contribution is 2.34.